The van der Waals surface area contributed by atoms with Crippen molar-refractivity contribution in [3.8, 4) is 28.5 Å². The van der Waals surface area contributed by atoms with Crippen LogP contribution in [0, 0.1) is 18.3 Å². The number of benzene rings is 1. The molecule has 1 aliphatic heterocycles. The molecule has 148 valence electrons. The van der Waals surface area contributed by atoms with Crippen LogP contribution in [-0.2, 0) is 10.2 Å². The van der Waals surface area contributed by atoms with E-state index in [-0.39, 0.29) is 0 Å². The van der Waals surface area contributed by atoms with Crippen molar-refractivity contribution < 1.29 is 4.74 Å². The van der Waals surface area contributed by atoms with E-state index in [1.54, 1.807) is 16.9 Å². The molecule has 0 N–H and O–H groups in total. The molecular weight excluding hydrogens is 376 g/mol. The van der Waals surface area contributed by atoms with Gasteiger partial charge < -0.3 is 4.74 Å². The Morgan fingerprint density at radius 3 is 2.63 bits per heavy atom. The molecule has 1 saturated heterocycles. The molecule has 0 atom stereocenters. The minimum Gasteiger partial charge on any atom is -0.381 e. The van der Waals surface area contributed by atoms with Crippen LogP contribution >= 0.6 is 0 Å². The Morgan fingerprint density at radius 1 is 1.07 bits per heavy atom. The zero-order valence-corrected chi connectivity index (χ0v) is 16.6. The van der Waals surface area contributed by atoms with E-state index in [0.29, 0.717) is 26.1 Å². The highest BCUT2D eigenvalue weighted by atomic mass is 16.5. The first-order chi connectivity index (χ1) is 14.7. The summed E-state index contributed by atoms with van der Waals surface area (Å²) in [5.41, 5.74) is 4.83. The zero-order chi connectivity index (χ0) is 20.6. The summed E-state index contributed by atoms with van der Waals surface area (Å²) in [5.74, 6) is 0.723. The van der Waals surface area contributed by atoms with Crippen molar-refractivity contribution in [2.45, 2.75) is 25.2 Å². The molecular formula is C23H20N6O. The van der Waals surface area contributed by atoms with Gasteiger partial charge in [0, 0.05) is 42.9 Å². The van der Waals surface area contributed by atoms with Crippen molar-refractivity contribution in [2.24, 2.45) is 0 Å². The van der Waals surface area contributed by atoms with E-state index in [4.69, 9.17) is 9.72 Å². The lowest BCUT2D eigenvalue weighted by Gasteiger charge is -2.31. The Kier molecular flexibility index (Phi) is 4.49. The van der Waals surface area contributed by atoms with Crippen molar-refractivity contribution in [1.82, 2.24) is 24.6 Å². The first kappa shape index (κ1) is 18.4. The number of ether oxygens (including phenoxy) is 1. The Hall–Kier alpha value is -3.63. The highest BCUT2D eigenvalue weighted by molar-refractivity contribution is 5.79. The molecule has 1 fully saturated rings. The molecule has 7 heteroatoms. The summed E-state index contributed by atoms with van der Waals surface area (Å²) in [4.78, 5) is 13.4. The maximum atomic E-state index is 9.92. The van der Waals surface area contributed by atoms with Crippen LogP contribution in [-0.4, -0.2) is 37.8 Å². The smallest absolute Gasteiger partial charge is 0.163 e. The molecule has 5 rings (SSSR count). The first-order valence-corrected chi connectivity index (χ1v) is 9.92. The van der Waals surface area contributed by atoms with Crippen molar-refractivity contribution in [1.29, 1.82) is 5.26 Å². The molecule has 1 aliphatic rings. The van der Waals surface area contributed by atoms with Crippen molar-refractivity contribution in [3.05, 3.63) is 66.5 Å². The van der Waals surface area contributed by atoms with Gasteiger partial charge in [-0.1, -0.05) is 18.2 Å². The molecule has 0 radical (unpaired) electrons. The summed E-state index contributed by atoms with van der Waals surface area (Å²) < 4.78 is 7.25. The minimum absolute atomic E-state index is 0.505. The molecule has 0 bridgehead atoms. The molecule has 4 aromatic rings. The number of aryl methyl sites for hydroxylation is 1. The number of rotatable bonds is 3. The molecule has 0 spiro atoms. The summed E-state index contributed by atoms with van der Waals surface area (Å²) in [6, 6.07) is 12.6. The number of nitriles is 1. The molecule has 3 aromatic heterocycles. The lowest BCUT2D eigenvalue weighted by atomic mass is 9.75. The molecule has 0 aliphatic carbocycles. The lowest BCUT2D eigenvalue weighted by molar-refractivity contribution is 0.0675. The summed E-state index contributed by atoms with van der Waals surface area (Å²) in [5, 5.41) is 14.4. The predicted molar refractivity (Wildman–Crippen MR) is 112 cm³/mol. The number of hydrogen-bond donors (Lipinski definition) is 0. The maximum Gasteiger partial charge on any atom is 0.163 e. The Morgan fingerprint density at radius 2 is 1.87 bits per heavy atom. The quantitative estimate of drug-likeness (QED) is 0.524. The summed E-state index contributed by atoms with van der Waals surface area (Å²) in [7, 11) is 0. The van der Waals surface area contributed by atoms with Gasteiger partial charge in [-0.2, -0.15) is 10.4 Å². The molecule has 0 amide bonds. The largest absolute Gasteiger partial charge is 0.381 e. The summed E-state index contributed by atoms with van der Waals surface area (Å²) in [6.07, 6.45) is 8.67. The van der Waals surface area contributed by atoms with E-state index < -0.39 is 5.41 Å². The van der Waals surface area contributed by atoms with E-state index in [2.05, 4.69) is 27.2 Å². The second kappa shape index (κ2) is 7.32. The van der Waals surface area contributed by atoms with Crippen LogP contribution in [0.15, 0.2) is 55.1 Å². The van der Waals surface area contributed by atoms with Gasteiger partial charge in [-0.25, -0.2) is 19.5 Å². The molecule has 30 heavy (non-hydrogen) atoms. The fourth-order valence-corrected chi connectivity index (χ4v) is 3.93. The van der Waals surface area contributed by atoms with Gasteiger partial charge in [-0.15, -0.1) is 0 Å². The van der Waals surface area contributed by atoms with Crippen LogP contribution in [0.4, 0.5) is 0 Å². The van der Waals surface area contributed by atoms with Gasteiger partial charge in [0.15, 0.2) is 5.65 Å². The first-order valence-electron chi connectivity index (χ1n) is 9.92. The maximum absolute atomic E-state index is 9.92. The second-order valence-electron chi connectivity index (χ2n) is 7.55. The minimum atomic E-state index is -0.505. The summed E-state index contributed by atoms with van der Waals surface area (Å²) >= 11 is 0. The van der Waals surface area contributed by atoms with Crippen LogP contribution in [0.25, 0.3) is 28.0 Å². The summed E-state index contributed by atoms with van der Waals surface area (Å²) in [6.45, 7) is 3.07. The van der Waals surface area contributed by atoms with E-state index >= 15 is 0 Å². The molecule has 1 aromatic carbocycles. The highest BCUT2D eigenvalue weighted by Gasteiger charge is 2.34. The van der Waals surface area contributed by atoms with Crippen LogP contribution in [0.1, 0.15) is 24.2 Å². The van der Waals surface area contributed by atoms with Crippen LogP contribution in [0.2, 0.25) is 0 Å². The topological polar surface area (TPSA) is 89.0 Å². The van der Waals surface area contributed by atoms with Crippen LogP contribution in [0.3, 0.4) is 0 Å². The van der Waals surface area contributed by atoms with Gasteiger partial charge in [0.25, 0.3) is 0 Å². The fourth-order valence-electron chi connectivity index (χ4n) is 3.93. The third-order valence-corrected chi connectivity index (χ3v) is 5.73. The Balaban J connectivity index is 1.59. The average Bonchev–Trinajstić information content (AvgIpc) is 3.23. The molecule has 0 unspecified atom stereocenters. The van der Waals surface area contributed by atoms with Gasteiger partial charge in [-0.05, 0) is 43.0 Å². The van der Waals surface area contributed by atoms with Crippen molar-refractivity contribution >= 4 is 5.65 Å². The number of nitrogens with zero attached hydrogens (tertiary/aromatic N) is 6. The monoisotopic (exact) mass is 396 g/mol. The third kappa shape index (κ3) is 3.11. The highest BCUT2D eigenvalue weighted by Crippen LogP contribution is 2.36. The van der Waals surface area contributed by atoms with Gasteiger partial charge in [-0.3, -0.25) is 0 Å². The number of aromatic nitrogens is 5. The zero-order valence-electron chi connectivity index (χ0n) is 16.6. The second-order valence-corrected chi connectivity index (χ2v) is 7.55. The van der Waals surface area contributed by atoms with Gasteiger partial charge >= 0.3 is 0 Å². The fraction of sp³-hybridized carbons (Fsp3) is 0.261. The Labute approximate surface area is 174 Å². The van der Waals surface area contributed by atoms with E-state index in [9.17, 15) is 5.26 Å². The third-order valence-electron chi connectivity index (χ3n) is 5.73. The van der Waals surface area contributed by atoms with Crippen molar-refractivity contribution in [2.75, 3.05) is 13.2 Å². The van der Waals surface area contributed by atoms with Gasteiger partial charge in [0.2, 0.25) is 0 Å². The average molecular weight is 396 g/mol. The lowest BCUT2D eigenvalue weighted by Crippen LogP contribution is -2.32. The van der Waals surface area contributed by atoms with Gasteiger partial charge in [0.1, 0.15) is 5.82 Å². The number of fused-ring (bicyclic) bond motifs is 1. The van der Waals surface area contributed by atoms with E-state index in [0.717, 1.165) is 39.4 Å². The van der Waals surface area contributed by atoms with Crippen LogP contribution < -0.4 is 0 Å². The molecule has 7 nitrogen and oxygen atoms in total. The van der Waals surface area contributed by atoms with E-state index in [1.165, 1.54) is 0 Å². The normalized spacial score (nSPS) is 15.7. The van der Waals surface area contributed by atoms with Crippen LogP contribution in [0.5, 0.6) is 0 Å². The van der Waals surface area contributed by atoms with Gasteiger partial charge in [0.05, 0.1) is 23.4 Å². The molecule has 0 saturated carbocycles. The van der Waals surface area contributed by atoms with Crippen molar-refractivity contribution in [3.63, 3.8) is 0 Å². The Bertz CT molecular complexity index is 1250. The number of hydrogen-bond acceptors (Lipinski definition) is 6. The molecule has 4 heterocycles. The van der Waals surface area contributed by atoms with E-state index in [1.807, 2.05) is 43.6 Å². The SMILES string of the molecule is Cc1ncc(-c2ccn3ncc(-c4cccc(C5(C#N)CCOCC5)c4)c3n2)cn1. The predicted octanol–water partition coefficient (Wildman–Crippen LogP) is 3.73. The standard InChI is InChI=1S/C23H20N6O/c1-16-25-12-18(13-26-16)21-5-8-29-22(28-21)20(14-27-29)17-3-2-4-19(11-17)23(15-24)6-9-30-10-7-23/h2-5,8,11-14H,6-7,9-10H2,1H3.